The van der Waals surface area contributed by atoms with Crippen LogP contribution in [0.15, 0.2) is 41.6 Å². The Labute approximate surface area is 156 Å². The average Bonchev–Trinajstić information content (AvgIpc) is 2.97. The molecule has 1 N–H and O–H groups in total. The third kappa shape index (κ3) is 4.13. The second-order valence-electron chi connectivity index (χ2n) is 5.94. The predicted octanol–water partition coefficient (Wildman–Crippen LogP) is 4.59. The number of amides is 1. The Morgan fingerprint density at radius 2 is 2.07 bits per heavy atom. The van der Waals surface area contributed by atoms with Crippen molar-refractivity contribution in [3.8, 4) is 0 Å². The average molecular weight is 399 g/mol. The van der Waals surface area contributed by atoms with Gasteiger partial charge < -0.3 is 4.90 Å². The second kappa shape index (κ2) is 7.67. The molecule has 2 heterocycles. The van der Waals surface area contributed by atoms with E-state index < -0.39 is 39.7 Å². The summed E-state index contributed by atoms with van der Waals surface area (Å²) in [5.41, 5.74) is 0.890. The molecule has 9 heteroatoms. The van der Waals surface area contributed by atoms with Gasteiger partial charge in [-0.05, 0) is 47.4 Å². The second-order valence-corrected chi connectivity index (χ2v) is 7.42. The van der Waals surface area contributed by atoms with Crippen LogP contribution >= 0.6 is 10.7 Å². The van der Waals surface area contributed by atoms with Crippen molar-refractivity contribution < 1.29 is 22.4 Å². The number of carbonyl (C=O) groups excluding carboxylic acids is 1. The van der Waals surface area contributed by atoms with E-state index in [1.165, 1.54) is 0 Å². The third-order valence-corrected chi connectivity index (χ3v) is 5.60. The lowest BCUT2D eigenvalue weighted by Gasteiger charge is -2.15. The van der Waals surface area contributed by atoms with Gasteiger partial charge in [0.1, 0.15) is 10.8 Å². The molecule has 0 radical (unpaired) electrons. The van der Waals surface area contributed by atoms with E-state index in [0.717, 1.165) is 25.1 Å². The Hall–Kier alpha value is -2.42. The summed E-state index contributed by atoms with van der Waals surface area (Å²) in [4.78, 5) is 18.7. The lowest BCUT2D eigenvalue weighted by atomic mass is 10.1. The van der Waals surface area contributed by atoms with Crippen molar-refractivity contribution in [3.63, 3.8) is 0 Å². The molecule has 1 aliphatic rings. The number of rotatable bonds is 5. The van der Waals surface area contributed by atoms with Crippen LogP contribution in [0, 0.1) is 5.82 Å². The van der Waals surface area contributed by atoms with Crippen LogP contribution in [-0.2, 0) is 6.18 Å². The zero-order valence-electron chi connectivity index (χ0n) is 14.4. The molecular weight excluding hydrogens is 382 g/mol. The van der Waals surface area contributed by atoms with E-state index in [-0.39, 0.29) is 0 Å². The van der Waals surface area contributed by atoms with E-state index in [0.29, 0.717) is 23.2 Å². The van der Waals surface area contributed by atoms with Crippen molar-refractivity contribution in [1.82, 2.24) is 9.71 Å². The van der Waals surface area contributed by atoms with Crippen LogP contribution in [0.1, 0.15) is 35.7 Å². The number of nitrogens with one attached hydrogen (secondary N) is 1. The first-order valence-electron chi connectivity index (χ1n) is 8.28. The van der Waals surface area contributed by atoms with Crippen LogP contribution in [0.25, 0.3) is 0 Å². The Morgan fingerprint density at radius 3 is 2.78 bits per heavy atom. The first-order valence-corrected chi connectivity index (χ1v) is 9.57. The largest absolute Gasteiger partial charge is 0.416 e. The summed E-state index contributed by atoms with van der Waals surface area (Å²) in [6, 6.07) is 5.42. The molecule has 0 aliphatic carbocycles. The molecule has 1 unspecified atom stereocenters. The molecule has 1 aromatic carbocycles. The lowest BCUT2D eigenvalue weighted by Crippen LogP contribution is -2.22. The summed E-state index contributed by atoms with van der Waals surface area (Å²) in [6.45, 7) is 2.78. The van der Waals surface area contributed by atoms with Crippen molar-refractivity contribution in [2.45, 2.75) is 31.0 Å². The third-order valence-electron chi connectivity index (χ3n) is 3.99. The number of benzene rings is 1. The number of hydrogen-bond acceptors (Lipinski definition) is 3. The highest BCUT2D eigenvalue weighted by Crippen LogP contribution is 2.37. The van der Waals surface area contributed by atoms with E-state index in [2.05, 4.69) is 16.6 Å². The van der Waals surface area contributed by atoms with Gasteiger partial charge >= 0.3 is 6.18 Å². The first kappa shape index (κ1) is 19.3. The minimum absolute atomic E-state index is 0.526. The Kier molecular flexibility index (Phi) is 5.50. The minimum Gasteiger partial charge on any atom is -0.339 e. The molecule has 0 bridgehead atoms. The summed E-state index contributed by atoms with van der Waals surface area (Å²) >= 11 is 0. The van der Waals surface area contributed by atoms with Crippen molar-refractivity contribution in [2.24, 2.45) is 0 Å². The molecule has 1 amide bonds. The van der Waals surface area contributed by atoms with Crippen molar-refractivity contribution in [2.75, 3.05) is 11.4 Å². The van der Waals surface area contributed by atoms with E-state index in [9.17, 15) is 22.4 Å². The number of alkyl halides is 3. The van der Waals surface area contributed by atoms with Crippen LogP contribution in [0.2, 0.25) is 0 Å². The zero-order chi connectivity index (χ0) is 19.6. The number of halogens is 4. The maximum Gasteiger partial charge on any atom is 0.416 e. The van der Waals surface area contributed by atoms with Crippen LogP contribution in [-0.4, -0.2) is 22.9 Å². The Balaban J connectivity index is 1.88. The molecule has 0 fully saturated rings. The molecule has 0 saturated carbocycles. The van der Waals surface area contributed by atoms with Crippen molar-refractivity contribution in [3.05, 3.63) is 53.5 Å². The minimum atomic E-state index is -4.66. The van der Waals surface area contributed by atoms with Gasteiger partial charge in [0.2, 0.25) is 0 Å². The van der Waals surface area contributed by atoms with Crippen LogP contribution < -0.4 is 9.62 Å². The zero-order valence-corrected chi connectivity index (χ0v) is 15.2. The van der Waals surface area contributed by atoms with Crippen LogP contribution in [0.3, 0.4) is 0 Å². The van der Waals surface area contributed by atoms with Gasteiger partial charge in [-0.3, -0.25) is 9.52 Å². The van der Waals surface area contributed by atoms with Crippen molar-refractivity contribution >= 4 is 27.8 Å². The molecule has 1 aromatic heterocycles. The molecule has 1 atom stereocenters. The van der Waals surface area contributed by atoms with E-state index in [4.69, 9.17) is 0 Å². The van der Waals surface area contributed by atoms with Gasteiger partial charge in [-0.2, -0.15) is 13.2 Å². The highest BCUT2D eigenvalue weighted by molar-refractivity contribution is 8.14. The standard InChI is InChI=1S/C18H17F4N3OS/c1-2-3-9-25-11-27(17-15(25)5-4-8-23-17)24-16(26)13-10-12(18(20,21)22)6-7-14(13)19/h4-8,10-11H,2-3,9H2,1H3,(H,24,26). The number of unbranched alkanes of at least 4 members (excludes halogenated alkanes) is 1. The predicted molar refractivity (Wildman–Crippen MR) is 97.3 cm³/mol. The molecule has 2 aromatic rings. The van der Waals surface area contributed by atoms with Crippen molar-refractivity contribution in [1.29, 1.82) is 0 Å². The SMILES string of the molecule is CCCCN1C=S(NC(=O)c2cc(C(F)(F)F)ccc2F)c2ncccc21. The molecule has 144 valence electrons. The van der Waals surface area contributed by atoms with Gasteiger partial charge in [0.15, 0.2) is 0 Å². The maximum absolute atomic E-state index is 14.0. The Bertz CT molecular complexity index is 898. The van der Waals surface area contributed by atoms with Crippen LogP contribution in [0.5, 0.6) is 0 Å². The van der Waals surface area contributed by atoms with E-state index in [1.807, 2.05) is 11.0 Å². The van der Waals surface area contributed by atoms with Gasteiger partial charge in [0.25, 0.3) is 5.91 Å². The number of nitrogens with zero attached hydrogens (tertiary/aromatic N) is 2. The van der Waals surface area contributed by atoms with E-state index in [1.54, 1.807) is 17.8 Å². The fourth-order valence-corrected chi connectivity index (χ4v) is 4.23. The normalized spacial score (nSPS) is 16.0. The number of aromatic nitrogens is 1. The number of hydrogen-bond donors (Lipinski definition) is 1. The molecule has 4 nitrogen and oxygen atoms in total. The van der Waals surface area contributed by atoms with Gasteiger partial charge in [0.05, 0.1) is 22.3 Å². The molecular formula is C18H17F4N3OS. The summed E-state index contributed by atoms with van der Waals surface area (Å²) < 4.78 is 55.1. The number of carbonyl (C=O) groups is 1. The molecule has 1 aliphatic heterocycles. The summed E-state index contributed by atoms with van der Waals surface area (Å²) in [5.74, 6) is -1.92. The highest BCUT2D eigenvalue weighted by atomic mass is 32.2. The molecule has 3 rings (SSSR count). The topological polar surface area (TPSA) is 45.2 Å². The lowest BCUT2D eigenvalue weighted by molar-refractivity contribution is -0.137. The smallest absolute Gasteiger partial charge is 0.339 e. The van der Waals surface area contributed by atoms with Crippen LogP contribution in [0.4, 0.5) is 23.2 Å². The first-order chi connectivity index (χ1) is 12.8. The van der Waals surface area contributed by atoms with E-state index >= 15 is 0 Å². The molecule has 27 heavy (non-hydrogen) atoms. The Morgan fingerprint density at radius 1 is 1.30 bits per heavy atom. The summed E-state index contributed by atoms with van der Waals surface area (Å²) in [5, 5.41) is 0.606. The quantitative estimate of drug-likeness (QED) is 0.591. The number of pyridine rings is 1. The fraction of sp³-hybridized carbons (Fsp3) is 0.278. The molecule has 0 spiro atoms. The fourth-order valence-electron chi connectivity index (χ4n) is 2.61. The molecule has 0 saturated heterocycles. The summed E-state index contributed by atoms with van der Waals surface area (Å²) in [6.07, 6.45) is -1.17. The maximum atomic E-state index is 14.0. The van der Waals surface area contributed by atoms with Gasteiger partial charge in [0, 0.05) is 12.7 Å². The number of fused-ring (bicyclic) bond motifs is 1. The van der Waals surface area contributed by atoms with Gasteiger partial charge in [-0.15, -0.1) is 0 Å². The highest BCUT2D eigenvalue weighted by Gasteiger charge is 2.32. The monoisotopic (exact) mass is 399 g/mol. The van der Waals surface area contributed by atoms with Gasteiger partial charge in [-0.1, -0.05) is 13.3 Å². The number of anilines is 1. The summed E-state index contributed by atoms with van der Waals surface area (Å²) in [7, 11) is -0.960. The van der Waals surface area contributed by atoms with Gasteiger partial charge in [-0.25, -0.2) is 9.37 Å².